The van der Waals surface area contributed by atoms with Crippen LogP contribution in [0.5, 0.6) is 5.75 Å². The van der Waals surface area contributed by atoms with Crippen molar-refractivity contribution in [1.82, 2.24) is 15.5 Å². The number of carbonyl (C=O) groups is 3. The first-order valence-electron chi connectivity index (χ1n) is 12.8. The molecule has 3 amide bonds. The van der Waals surface area contributed by atoms with Crippen LogP contribution in [0.25, 0.3) is 0 Å². The zero-order valence-corrected chi connectivity index (χ0v) is 21.8. The predicted molar refractivity (Wildman–Crippen MR) is 142 cm³/mol. The molecule has 4 rings (SSSR count). The molecule has 0 radical (unpaired) electrons. The second kappa shape index (κ2) is 12.2. The topological polar surface area (TPSA) is 138 Å². The summed E-state index contributed by atoms with van der Waals surface area (Å²) in [5.41, 5.74) is 6.16. The number of nitrogen functional groups attached to an aromatic ring is 1. The SMILES string of the molecule is N=C(N)c1csc(CNC(=O)C2CC3(CCCC3)CN2C(=O)CNC(=O)CCCOc2ccccc2)c1. The molecule has 1 aromatic carbocycles. The lowest BCUT2D eigenvalue weighted by molar-refractivity contribution is -0.138. The quantitative estimate of drug-likeness (QED) is 0.203. The van der Waals surface area contributed by atoms with Gasteiger partial charge in [0.15, 0.2) is 0 Å². The molecular weight excluding hydrogens is 490 g/mol. The molecule has 1 atom stereocenters. The normalized spacial score (nSPS) is 18.1. The summed E-state index contributed by atoms with van der Waals surface area (Å²) in [6.07, 6.45) is 5.71. The standard InChI is InChI=1S/C27H35N5O4S/c28-25(29)19-13-21(37-17-19)15-31-26(35)22-14-27(10-4-5-11-27)18-32(22)24(34)16-30-23(33)9-6-12-36-20-7-2-1-3-8-20/h1-3,7-8,13,17,22H,4-6,9-12,14-16,18H2,(H3,28,29)(H,30,33)(H,31,35). The average Bonchev–Trinajstić information content (AvgIpc) is 3.65. The fourth-order valence-corrected chi connectivity index (χ4v) is 6.07. The van der Waals surface area contributed by atoms with Crippen LogP contribution in [0.2, 0.25) is 0 Å². The Bertz CT molecular complexity index is 1110. The first-order chi connectivity index (χ1) is 17.8. The number of carbonyl (C=O) groups excluding carboxylic acids is 3. The summed E-state index contributed by atoms with van der Waals surface area (Å²) >= 11 is 1.43. The van der Waals surface area contributed by atoms with Crippen LogP contribution in [0, 0.1) is 10.8 Å². The van der Waals surface area contributed by atoms with Crippen molar-refractivity contribution in [3.8, 4) is 5.75 Å². The molecule has 2 fully saturated rings. The zero-order chi connectivity index (χ0) is 26.3. The molecule has 9 nitrogen and oxygen atoms in total. The van der Waals surface area contributed by atoms with Crippen molar-refractivity contribution in [1.29, 1.82) is 5.41 Å². The number of benzene rings is 1. The number of likely N-dealkylation sites (tertiary alicyclic amines) is 1. The van der Waals surface area contributed by atoms with Crippen LogP contribution in [0.1, 0.15) is 55.4 Å². The van der Waals surface area contributed by atoms with Gasteiger partial charge in [0.05, 0.1) is 19.7 Å². The molecule has 1 saturated carbocycles. The van der Waals surface area contributed by atoms with Gasteiger partial charge in [-0.3, -0.25) is 19.8 Å². The number of nitrogens with zero attached hydrogens (tertiary/aromatic N) is 1. The van der Waals surface area contributed by atoms with E-state index in [1.807, 2.05) is 30.3 Å². The second-order valence-corrected chi connectivity index (χ2v) is 10.9. The van der Waals surface area contributed by atoms with Crippen LogP contribution in [0.15, 0.2) is 41.8 Å². The van der Waals surface area contributed by atoms with Crippen molar-refractivity contribution < 1.29 is 19.1 Å². The number of amides is 3. The third kappa shape index (κ3) is 7.09. The maximum absolute atomic E-state index is 13.2. The Morgan fingerprint density at radius 1 is 1.16 bits per heavy atom. The van der Waals surface area contributed by atoms with Gasteiger partial charge in [0.25, 0.3) is 0 Å². The smallest absolute Gasteiger partial charge is 0.243 e. The number of rotatable bonds is 11. The largest absolute Gasteiger partial charge is 0.494 e. The first kappa shape index (κ1) is 26.7. The maximum Gasteiger partial charge on any atom is 0.243 e. The van der Waals surface area contributed by atoms with E-state index in [9.17, 15) is 14.4 Å². The van der Waals surface area contributed by atoms with Gasteiger partial charge in [0.1, 0.15) is 17.6 Å². The Morgan fingerprint density at radius 2 is 1.92 bits per heavy atom. The Hall–Kier alpha value is -3.40. The van der Waals surface area contributed by atoms with E-state index in [0.717, 1.165) is 36.3 Å². The van der Waals surface area contributed by atoms with Gasteiger partial charge in [-0.1, -0.05) is 31.0 Å². The van der Waals surface area contributed by atoms with Crippen LogP contribution >= 0.6 is 11.3 Å². The van der Waals surface area contributed by atoms with E-state index in [1.165, 1.54) is 11.3 Å². The number of ether oxygens (including phenoxy) is 1. The average molecular weight is 526 g/mol. The third-order valence-electron chi connectivity index (χ3n) is 7.19. The van der Waals surface area contributed by atoms with Crippen LogP contribution < -0.4 is 21.1 Å². The fraction of sp³-hybridized carbons (Fsp3) is 0.481. The Kier molecular flexibility index (Phi) is 8.81. The molecule has 2 aliphatic rings. The monoisotopic (exact) mass is 525 g/mol. The van der Waals surface area contributed by atoms with Crippen LogP contribution in [0.3, 0.4) is 0 Å². The van der Waals surface area contributed by atoms with Crippen molar-refractivity contribution in [3.63, 3.8) is 0 Å². The summed E-state index contributed by atoms with van der Waals surface area (Å²) in [4.78, 5) is 41.2. The van der Waals surface area contributed by atoms with E-state index >= 15 is 0 Å². The second-order valence-electron chi connectivity index (χ2n) is 9.92. The number of hydrogen-bond donors (Lipinski definition) is 4. The summed E-state index contributed by atoms with van der Waals surface area (Å²) in [6.45, 7) is 1.17. The molecule has 1 aliphatic heterocycles. The highest BCUT2D eigenvalue weighted by molar-refractivity contribution is 7.10. The molecule has 2 heterocycles. The number of para-hydroxylation sites is 1. The lowest BCUT2D eigenvalue weighted by Crippen LogP contribution is -2.48. The van der Waals surface area contributed by atoms with E-state index < -0.39 is 6.04 Å². The molecule has 0 bridgehead atoms. The van der Waals surface area contributed by atoms with Crippen LogP contribution in [0.4, 0.5) is 0 Å². The van der Waals surface area contributed by atoms with E-state index in [1.54, 1.807) is 16.3 Å². The van der Waals surface area contributed by atoms with Gasteiger partial charge in [-0.2, -0.15) is 0 Å². The minimum atomic E-state index is -0.547. The summed E-state index contributed by atoms with van der Waals surface area (Å²) in [5.74, 6) is 0.137. The number of hydrogen-bond acceptors (Lipinski definition) is 6. The highest BCUT2D eigenvalue weighted by Crippen LogP contribution is 2.47. The molecule has 2 aromatic rings. The minimum Gasteiger partial charge on any atom is -0.494 e. The van der Waals surface area contributed by atoms with E-state index in [-0.39, 0.29) is 41.9 Å². The molecule has 198 valence electrons. The van der Waals surface area contributed by atoms with E-state index in [0.29, 0.717) is 38.1 Å². The number of amidine groups is 1. The third-order valence-corrected chi connectivity index (χ3v) is 8.13. The number of nitrogens with two attached hydrogens (primary N) is 1. The molecule has 5 N–H and O–H groups in total. The van der Waals surface area contributed by atoms with Gasteiger partial charge >= 0.3 is 0 Å². The fourth-order valence-electron chi connectivity index (χ4n) is 5.25. The summed E-state index contributed by atoms with van der Waals surface area (Å²) < 4.78 is 5.61. The van der Waals surface area contributed by atoms with Crippen molar-refractivity contribution in [3.05, 3.63) is 52.2 Å². The Morgan fingerprint density at radius 3 is 2.62 bits per heavy atom. The lowest BCUT2D eigenvalue weighted by Gasteiger charge is -2.25. The minimum absolute atomic E-state index is 0.00432. The van der Waals surface area contributed by atoms with Gasteiger partial charge < -0.3 is 26.0 Å². The highest BCUT2D eigenvalue weighted by Gasteiger charge is 2.49. The molecule has 1 unspecified atom stereocenters. The zero-order valence-electron chi connectivity index (χ0n) is 21.0. The summed E-state index contributed by atoms with van der Waals surface area (Å²) in [6, 6.07) is 10.7. The first-order valence-corrected chi connectivity index (χ1v) is 13.7. The van der Waals surface area contributed by atoms with Crippen molar-refractivity contribution in [2.75, 3.05) is 19.7 Å². The van der Waals surface area contributed by atoms with Gasteiger partial charge in [-0.05, 0) is 49.3 Å². The predicted octanol–water partition coefficient (Wildman–Crippen LogP) is 2.79. The van der Waals surface area contributed by atoms with Crippen molar-refractivity contribution in [2.24, 2.45) is 11.1 Å². The molecule has 1 aromatic heterocycles. The molecular formula is C27H35N5O4S. The van der Waals surface area contributed by atoms with Gasteiger partial charge in [-0.15, -0.1) is 11.3 Å². The van der Waals surface area contributed by atoms with Gasteiger partial charge in [-0.25, -0.2) is 0 Å². The molecule has 1 aliphatic carbocycles. The summed E-state index contributed by atoms with van der Waals surface area (Å²) in [5, 5.41) is 15.0. The van der Waals surface area contributed by atoms with E-state index in [4.69, 9.17) is 15.9 Å². The number of thiophene rings is 1. The Balaban J connectivity index is 1.27. The van der Waals surface area contributed by atoms with Crippen molar-refractivity contribution >= 4 is 34.9 Å². The molecule has 37 heavy (non-hydrogen) atoms. The number of nitrogens with one attached hydrogen (secondary N) is 3. The molecule has 1 spiro atoms. The Labute approximate surface area is 221 Å². The van der Waals surface area contributed by atoms with Gasteiger partial charge in [0.2, 0.25) is 17.7 Å². The van der Waals surface area contributed by atoms with E-state index in [2.05, 4.69) is 10.6 Å². The van der Waals surface area contributed by atoms with Crippen LogP contribution in [-0.4, -0.2) is 54.2 Å². The highest BCUT2D eigenvalue weighted by atomic mass is 32.1. The van der Waals surface area contributed by atoms with Gasteiger partial charge in [0, 0.05) is 28.8 Å². The maximum atomic E-state index is 13.2. The van der Waals surface area contributed by atoms with Crippen molar-refractivity contribution in [2.45, 2.75) is 57.5 Å². The molecule has 10 heteroatoms. The lowest BCUT2D eigenvalue weighted by atomic mass is 9.84. The molecule has 1 saturated heterocycles. The van der Waals surface area contributed by atoms with Crippen LogP contribution in [-0.2, 0) is 20.9 Å². The summed E-state index contributed by atoms with van der Waals surface area (Å²) in [7, 11) is 0.